The van der Waals surface area contributed by atoms with Crippen molar-refractivity contribution in [2.75, 3.05) is 0 Å². The topological polar surface area (TPSA) is 58.5 Å². The third-order valence-corrected chi connectivity index (χ3v) is 2.13. The summed E-state index contributed by atoms with van der Waals surface area (Å²) in [6, 6.07) is 5.20. The molecule has 0 fully saturated rings. The molecular formula is C10H8N2O2. The molecule has 1 aromatic rings. The van der Waals surface area contributed by atoms with E-state index in [1.165, 1.54) is 0 Å². The molecule has 1 heterocycles. The van der Waals surface area contributed by atoms with Crippen LogP contribution in [0.1, 0.15) is 15.9 Å². The first-order valence-corrected chi connectivity index (χ1v) is 4.15. The molecule has 70 valence electrons. The molecule has 0 aromatic heterocycles. The number of nitrogens with zero attached hydrogens (tertiary/aromatic N) is 1. The zero-order chi connectivity index (χ0) is 10.1. The predicted molar refractivity (Wildman–Crippen MR) is 51.8 cm³/mol. The summed E-state index contributed by atoms with van der Waals surface area (Å²) in [6.45, 7) is 3.38. The summed E-state index contributed by atoms with van der Waals surface area (Å²) < 4.78 is 0. The normalized spacial score (nSPS) is 14.6. The number of carbonyl (C=O) groups excluding carboxylic acids is 2. The van der Waals surface area contributed by atoms with E-state index < -0.39 is 0 Å². The summed E-state index contributed by atoms with van der Waals surface area (Å²) in [7, 11) is 0. The molecule has 2 rings (SSSR count). The van der Waals surface area contributed by atoms with Gasteiger partial charge in [-0.15, -0.1) is 0 Å². The summed E-state index contributed by atoms with van der Waals surface area (Å²) in [6.07, 6.45) is 0.227. The van der Waals surface area contributed by atoms with Crippen LogP contribution in [0.25, 0.3) is 0 Å². The number of amides is 2. The van der Waals surface area contributed by atoms with Gasteiger partial charge in [-0.3, -0.25) is 19.9 Å². The first-order valence-electron chi connectivity index (χ1n) is 4.15. The molecule has 1 aliphatic rings. The van der Waals surface area contributed by atoms with Gasteiger partial charge < -0.3 is 0 Å². The van der Waals surface area contributed by atoms with E-state index in [9.17, 15) is 9.59 Å². The van der Waals surface area contributed by atoms with Crippen LogP contribution in [0.3, 0.4) is 0 Å². The Morgan fingerprint density at radius 2 is 2.14 bits per heavy atom. The fraction of sp³-hybridized carbons (Fsp3) is 0.100. The third-order valence-electron chi connectivity index (χ3n) is 2.13. The lowest BCUT2D eigenvalue weighted by atomic mass is 9.98. The van der Waals surface area contributed by atoms with Gasteiger partial charge in [0.15, 0.2) is 0 Å². The maximum absolute atomic E-state index is 11.5. The molecule has 0 saturated heterocycles. The zero-order valence-corrected chi connectivity index (χ0v) is 7.41. The fourth-order valence-corrected chi connectivity index (χ4v) is 1.53. The van der Waals surface area contributed by atoms with Crippen molar-refractivity contribution in [3.05, 3.63) is 29.3 Å². The van der Waals surface area contributed by atoms with Crippen molar-refractivity contribution in [1.29, 1.82) is 0 Å². The molecule has 4 nitrogen and oxygen atoms in total. The number of benzene rings is 1. The number of imide groups is 1. The maximum Gasteiger partial charge on any atom is 0.260 e. The molecule has 2 amide bonds. The van der Waals surface area contributed by atoms with Crippen molar-refractivity contribution in [3.63, 3.8) is 0 Å². The quantitative estimate of drug-likeness (QED) is 0.524. The Labute approximate surface area is 80.7 Å². The van der Waals surface area contributed by atoms with Gasteiger partial charge in [0.25, 0.3) is 5.91 Å². The monoisotopic (exact) mass is 188 g/mol. The molecule has 14 heavy (non-hydrogen) atoms. The van der Waals surface area contributed by atoms with Crippen LogP contribution in [-0.4, -0.2) is 18.5 Å². The number of rotatable bonds is 1. The summed E-state index contributed by atoms with van der Waals surface area (Å²) in [5.41, 5.74) is 1.69. The molecule has 1 aliphatic heterocycles. The molecule has 1 aromatic carbocycles. The van der Waals surface area contributed by atoms with E-state index in [4.69, 9.17) is 0 Å². The molecule has 0 radical (unpaired) electrons. The number of hydrogen-bond donors (Lipinski definition) is 1. The van der Waals surface area contributed by atoms with Crippen molar-refractivity contribution >= 4 is 24.2 Å². The fourth-order valence-electron chi connectivity index (χ4n) is 1.53. The van der Waals surface area contributed by atoms with Crippen LogP contribution in [0, 0.1) is 0 Å². The number of nitrogens with one attached hydrogen (secondary N) is 1. The molecular weight excluding hydrogens is 180 g/mol. The van der Waals surface area contributed by atoms with Gasteiger partial charge in [0, 0.05) is 0 Å². The first-order chi connectivity index (χ1) is 6.72. The van der Waals surface area contributed by atoms with E-state index in [2.05, 4.69) is 17.0 Å². The minimum absolute atomic E-state index is 0.227. The van der Waals surface area contributed by atoms with Gasteiger partial charge in [-0.2, -0.15) is 0 Å². The van der Waals surface area contributed by atoms with Gasteiger partial charge in [0.2, 0.25) is 5.91 Å². The Kier molecular flexibility index (Phi) is 1.89. The Morgan fingerprint density at radius 3 is 2.86 bits per heavy atom. The molecule has 0 bridgehead atoms. The van der Waals surface area contributed by atoms with Gasteiger partial charge in [-0.25, -0.2) is 0 Å². The summed E-state index contributed by atoms with van der Waals surface area (Å²) in [5, 5.41) is 2.24. The minimum Gasteiger partial charge on any atom is -0.292 e. The molecule has 0 aliphatic carbocycles. The molecule has 4 heteroatoms. The van der Waals surface area contributed by atoms with Crippen LogP contribution in [0.5, 0.6) is 0 Å². The van der Waals surface area contributed by atoms with Crippen molar-refractivity contribution in [3.8, 4) is 0 Å². The lowest BCUT2D eigenvalue weighted by Gasteiger charge is -2.16. The van der Waals surface area contributed by atoms with Crippen molar-refractivity contribution in [2.24, 2.45) is 4.99 Å². The SMILES string of the molecule is C=Nc1cccc2c1C(=O)NC(=O)C2. The van der Waals surface area contributed by atoms with Crippen LogP contribution >= 0.6 is 0 Å². The highest BCUT2D eigenvalue weighted by atomic mass is 16.2. The van der Waals surface area contributed by atoms with Crippen molar-refractivity contribution in [1.82, 2.24) is 5.32 Å². The second-order valence-corrected chi connectivity index (χ2v) is 3.02. The summed E-state index contributed by atoms with van der Waals surface area (Å²) >= 11 is 0. The van der Waals surface area contributed by atoms with E-state index in [1.54, 1.807) is 18.2 Å². The highest BCUT2D eigenvalue weighted by molar-refractivity contribution is 6.12. The standard InChI is InChI=1S/C10H8N2O2/c1-11-7-4-2-3-6-5-8(13)12-10(14)9(6)7/h2-4H,1,5H2,(H,12,13,14). The van der Waals surface area contributed by atoms with Crippen molar-refractivity contribution < 1.29 is 9.59 Å². The number of carbonyl (C=O) groups is 2. The average Bonchev–Trinajstić information content (AvgIpc) is 2.16. The second kappa shape index (κ2) is 3.06. The third kappa shape index (κ3) is 1.21. The van der Waals surface area contributed by atoms with E-state index in [0.717, 1.165) is 0 Å². The lowest BCUT2D eigenvalue weighted by molar-refractivity contribution is -0.119. The van der Waals surface area contributed by atoms with Crippen LogP contribution in [0.15, 0.2) is 23.2 Å². The molecule has 0 spiro atoms. The van der Waals surface area contributed by atoms with Crippen LogP contribution in [-0.2, 0) is 11.2 Å². The van der Waals surface area contributed by atoms with Gasteiger partial charge in [-0.05, 0) is 18.3 Å². The maximum atomic E-state index is 11.5. The van der Waals surface area contributed by atoms with E-state index in [-0.39, 0.29) is 18.2 Å². The number of fused-ring (bicyclic) bond motifs is 1. The largest absolute Gasteiger partial charge is 0.292 e. The second-order valence-electron chi connectivity index (χ2n) is 3.02. The zero-order valence-electron chi connectivity index (χ0n) is 7.41. The Balaban J connectivity index is 2.64. The predicted octanol–water partition coefficient (Wildman–Crippen LogP) is 0.831. The van der Waals surface area contributed by atoms with E-state index in [0.29, 0.717) is 16.8 Å². The van der Waals surface area contributed by atoms with Gasteiger partial charge in [0.1, 0.15) is 0 Å². The van der Waals surface area contributed by atoms with Gasteiger partial charge >= 0.3 is 0 Å². The highest BCUT2D eigenvalue weighted by Gasteiger charge is 2.24. The van der Waals surface area contributed by atoms with Crippen LogP contribution in [0.4, 0.5) is 5.69 Å². The van der Waals surface area contributed by atoms with Gasteiger partial charge in [-0.1, -0.05) is 12.1 Å². The lowest BCUT2D eigenvalue weighted by Crippen LogP contribution is -2.37. The smallest absolute Gasteiger partial charge is 0.260 e. The van der Waals surface area contributed by atoms with Crippen molar-refractivity contribution in [2.45, 2.75) is 6.42 Å². The van der Waals surface area contributed by atoms with Crippen LogP contribution in [0.2, 0.25) is 0 Å². The Hall–Kier alpha value is -1.97. The molecule has 0 unspecified atom stereocenters. The van der Waals surface area contributed by atoms with Gasteiger partial charge in [0.05, 0.1) is 17.7 Å². The minimum atomic E-state index is -0.390. The van der Waals surface area contributed by atoms with E-state index in [1.807, 2.05) is 0 Å². The van der Waals surface area contributed by atoms with Crippen LogP contribution < -0.4 is 5.32 Å². The summed E-state index contributed by atoms with van der Waals surface area (Å²) in [4.78, 5) is 26.3. The number of aliphatic imine (C=N–C) groups is 1. The first kappa shape index (κ1) is 8.62. The molecule has 1 N–H and O–H groups in total. The van der Waals surface area contributed by atoms with E-state index >= 15 is 0 Å². The molecule has 0 saturated carbocycles. The highest BCUT2D eigenvalue weighted by Crippen LogP contribution is 2.24. The Bertz CT molecular complexity index is 438. The average molecular weight is 188 g/mol. The summed E-state index contributed by atoms with van der Waals surface area (Å²) in [5.74, 6) is -0.664. The number of hydrogen-bond acceptors (Lipinski definition) is 3. The Morgan fingerprint density at radius 1 is 1.36 bits per heavy atom. The molecule has 0 atom stereocenters.